The van der Waals surface area contributed by atoms with Crippen molar-refractivity contribution in [3.05, 3.63) is 63.8 Å². The summed E-state index contributed by atoms with van der Waals surface area (Å²) in [4.78, 5) is 19.6. The Bertz CT molecular complexity index is 1030. The molecule has 5 nitrogen and oxygen atoms in total. The molecular weight excluding hydrogens is 397 g/mol. The largest absolute Gasteiger partial charge is 0.480 e. The van der Waals surface area contributed by atoms with Gasteiger partial charge in [-0.2, -0.15) is 0 Å². The molecule has 0 bridgehead atoms. The first kappa shape index (κ1) is 19.1. The number of carboxylic acid groups (broad SMARTS) is 1. The molecule has 7 heteroatoms. The van der Waals surface area contributed by atoms with E-state index in [4.69, 9.17) is 23.2 Å². The van der Waals surface area contributed by atoms with Crippen molar-refractivity contribution in [1.82, 2.24) is 9.88 Å². The Balaban J connectivity index is 1.56. The fourth-order valence-corrected chi connectivity index (χ4v) is 4.18. The van der Waals surface area contributed by atoms with Crippen LogP contribution < -0.4 is 4.90 Å². The van der Waals surface area contributed by atoms with Gasteiger partial charge in [0.2, 0.25) is 0 Å². The number of halogens is 2. The monoisotopic (exact) mass is 417 g/mol. The van der Waals surface area contributed by atoms with Crippen molar-refractivity contribution in [2.75, 3.05) is 31.1 Å². The second kappa shape index (κ2) is 7.66. The van der Waals surface area contributed by atoms with Crippen molar-refractivity contribution < 1.29 is 9.90 Å². The van der Waals surface area contributed by atoms with Crippen molar-refractivity contribution >= 4 is 45.8 Å². The van der Waals surface area contributed by atoms with Gasteiger partial charge in [-0.1, -0.05) is 34.8 Å². The van der Waals surface area contributed by atoms with Crippen LogP contribution in [-0.2, 0) is 4.79 Å². The Morgan fingerprint density at radius 1 is 1.07 bits per heavy atom. The van der Waals surface area contributed by atoms with Crippen LogP contribution in [0.5, 0.6) is 0 Å². The zero-order valence-corrected chi connectivity index (χ0v) is 17.0. The molecule has 1 fully saturated rings. The molecule has 1 atom stereocenters. The van der Waals surface area contributed by atoms with Crippen LogP contribution in [0, 0.1) is 6.92 Å². The Hall–Kier alpha value is -2.21. The van der Waals surface area contributed by atoms with Crippen molar-refractivity contribution in [2.45, 2.75) is 13.0 Å². The molecule has 2 N–H and O–H groups in total. The topological polar surface area (TPSA) is 59.6 Å². The van der Waals surface area contributed by atoms with Crippen molar-refractivity contribution in [3.63, 3.8) is 0 Å². The van der Waals surface area contributed by atoms with Gasteiger partial charge >= 0.3 is 5.97 Å². The number of H-pyrrole nitrogens is 1. The summed E-state index contributed by atoms with van der Waals surface area (Å²) in [6, 6.07) is 11.0. The molecule has 0 unspecified atom stereocenters. The number of aromatic nitrogens is 1. The van der Waals surface area contributed by atoms with Crippen molar-refractivity contribution in [2.24, 2.45) is 0 Å². The van der Waals surface area contributed by atoms with Gasteiger partial charge in [0.05, 0.1) is 10.0 Å². The highest BCUT2D eigenvalue weighted by Gasteiger charge is 2.32. The van der Waals surface area contributed by atoms with E-state index in [0.717, 1.165) is 40.8 Å². The molecule has 2 heterocycles. The highest BCUT2D eigenvalue weighted by atomic mass is 35.5. The van der Waals surface area contributed by atoms with E-state index in [9.17, 15) is 9.90 Å². The number of aliphatic carboxylic acids is 1. The minimum atomic E-state index is -0.828. The number of piperazine rings is 1. The Kier molecular flexibility index (Phi) is 5.23. The molecule has 146 valence electrons. The van der Waals surface area contributed by atoms with Crippen LogP contribution in [0.1, 0.15) is 17.2 Å². The second-order valence-electron chi connectivity index (χ2n) is 7.16. The maximum absolute atomic E-state index is 12.2. The van der Waals surface area contributed by atoms with Gasteiger partial charge in [-0.3, -0.25) is 9.69 Å². The van der Waals surface area contributed by atoms with Gasteiger partial charge < -0.3 is 15.0 Å². The lowest BCUT2D eigenvalue weighted by atomic mass is 10.0. The highest BCUT2D eigenvalue weighted by Crippen LogP contribution is 2.32. The number of nitrogens with one attached hydrogen (secondary N) is 1. The first-order valence-electron chi connectivity index (χ1n) is 9.18. The summed E-state index contributed by atoms with van der Waals surface area (Å²) in [5, 5.41) is 12.0. The number of aryl methyl sites for hydroxylation is 1. The van der Waals surface area contributed by atoms with E-state index in [-0.39, 0.29) is 0 Å². The first-order valence-corrected chi connectivity index (χ1v) is 9.94. The molecule has 0 saturated carbocycles. The average Bonchev–Trinajstić information content (AvgIpc) is 3.07. The molecule has 4 rings (SSSR count). The number of anilines is 1. The van der Waals surface area contributed by atoms with Gasteiger partial charge in [-0.15, -0.1) is 0 Å². The van der Waals surface area contributed by atoms with Crippen LogP contribution in [0.3, 0.4) is 0 Å². The summed E-state index contributed by atoms with van der Waals surface area (Å²) in [6.07, 6.45) is 1.83. The predicted octanol–water partition coefficient (Wildman–Crippen LogP) is 4.73. The van der Waals surface area contributed by atoms with Crippen LogP contribution >= 0.6 is 23.2 Å². The molecule has 0 amide bonds. The third-order valence-electron chi connectivity index (χ3n) is 5.35. The number of fused-ring (bicyclic) bond motifs is 1. The SMILES string of the molecule is Cc1ccc2[nH]cc([C@H](C(=O)O)N3CCN(c4ccc(Cl)c(Cl)c4)CC3)c2c1. The van der Waals surface area contributed by atoms with Crippen molar-refractivity contribution in [1.29, 1.82) is 0 Å². The van der Waals surface area contributed by atoms with E-state index in [2.05, 4.69) is 9.88 Å². The van der Waals surface area contributed by atoms with Crippen LogP contribution in [-0.4, -0.2) is 47.1 Å². The summed E-state index contributed by atoms with van der Waals surface area (Å²) in [5.74, 6) is -0.828. The number of hydrogen-bond acceptors (Lipinski definition) is 3. The van der Waals surface area contributed by atoms with E-state index in [1.54, 1.807) is 6.07 Å². The molecule has 0 spiro atoms. The zero-order valence-electron chi connectivity index (χ0n) is 15.5. The summed E-state index contributed by atoms with van der Waals surface area (Å²) in [6.45, 7) is 4.76. The molecule has 1 aliphatic rings. The highest BCUT2D eigenvalue weighted by molar-refractivity contribution is 6.42. The molecule has 1 aromatic heterocycles. The summed E-state index contributed by atoms with van der Waals surface area (Å²) in [5.41, 5.74) is 3.89. The lowest BCUT2D eigenvalue weighted by molar-refractivity contribution is -0.143. The molecule has 2 aromatic carbocycles. The van der Waals surface area contributed by atoms with Gasteiger partial charge in [0.25, 0.3) is 0 Å². The number of hydrogen-bond donors (Lipinski definition) is 2. The molecule has 1 saturated heterocycles. The van der Waals surface area contributed by atoms with Crippen LogP contribution in [0.2, 0.25) is 10.0 Å². The standard InChI is InChI=1S/C21H21Cl2N3O2/c1-13-2-5-19-15(10-13)16(12-24-19)20(21(27)28)26-8-6-25(7-9-26)14-3-4-17(22)18(23)11-14/h2-5,10-12,20,24H,6-9H2,1H3,(H,27,28)/t20-/m1/s1. The molecule has 1 aliphatic heterocycles. The molecule has 3 aromatic rings. The minimum Gasteiger partial charge on any atom is -0.480 e. The Morgan fingerprint density at radius 3 is 2.50 bits per heavy atom. The average molecular weight is 418 g/mol. The van der Waals surface area contributed by atoms with E-state index < -0.39 is 12.0 Å². The summed E-state index contributed by atoms with van der Waals surface area (Å²) < 4.78 is 0. The maximum atomic E-state index is 12.2. The van der Waals surface area contributed by atoms with E-state index in [1.165, 1.54) is 0 Å². The van der Waals surface area contributed by atoms with E-state index in [1.807, 2.05) is 48.4 Å². The third kappa shape index (κ3) is 3.58. The van der Waals surface area contributed by atoms with Crippen LogP contribution in [0.25, 0.3) is 10.9 Å². The van der Waals surface area contributed by atoms with Gasteiger partial charge in [0.15, 0.2) is 0 Å². The lowest BCUT2D eigenvalue weighted by Gasteiger charge is -2.38. The quantitative estimate of drug-likeness (QED) is 0.643. The Morgan fingerprint density at radius 2 is 1.82 bits per heavy atom. The van der Waals surface area contributed by atoms with E-state index in [0.29, 0.717) is 23.1 Å². The number of carbonyl (C=O) groups is 1. The number of aromatic amines is 1. The number of rotatable bonds is 4. The fraction of sp³-hybridized carbons (Fsp3) is 0.286. The number of nitrogens with zero attached hydrogens (tertiary/aromatic N) is 2. The molecule has 0 aliphatic carbocycles. The van der Waals surface area contributed by atoms with Gasteiger partial charge in [0, 0.05) is 54.5 Å². The Labute approximate surface area is 173 Å². The lowest BCUT2D eigenvalue weighted by Crippen LogP contribution is -2.49. The third-order valence-corrected chi connectivity index (χ3v) is 6.08. The van der Waals surface area contributed by atoms with Crippen LogP contribution in [0.15, 0.2) is 42.6 Å². The molecule has 28 heavy (non-hydrogen) atoms. The first-order chi connectivity index (χ1) is 13.4. The maximum Gasteiger partial charge on any atom is 0.325 e. The smallest absolute Gasteiger partial charge is 0.325 e. The number of carboxylic acids is 1. The van der Waals surface area contributed by atoms with Crippen molar-refractivity contribution in [3.8, 4) is 0 Å². The minimum absolute atomic E-state index is 0.527. The zero-order chi connectivity index (χ0) is 19.8. The number of benzene rings is 2. The predicted molar refractivity (Wildman–Crippen MR) is 114 cm³/mol. The van der Waals surface area contributed by atoms with E-state index >= 15 is 0 Å². The van der Waals surface area contributed by atoms with Crippen LogP contribution in [0.4, 0.5) is 5.69 Å². The summed E-state index contributed by atoms with van der Waals surface area (Å²) in [7, 11) is 0. The second-order valence-corrected chi connectivity index (χ2v) is 7.97. The van der Waals surface area contributed by atoms with Gasteiger partial charge in [0.1, 0.15) is 6.04 Å². The normalized spacial score (nSPS) is 16.5. The molecular formula is C21H21Cl2N3O2. The summed E-state index contributed by atoms with van der Waals surface area (Å²) >= 11 is 12.1. The van der Waals surface area contributed by atoms with Gasteiger partial charge in [-0.25, -0.2) is 0 Å². The van der Waals surface area contributed by atoms with Gasteiger partial charge in [-0.05, 0) is 37.3 Å². The fourth-order valence-electron chi connectivity index (χ4n) is 3.89. The molecule has 0 radical (unpaired) electrons.